The molecule has 1 saturated heterocycles. The van der Waals surface area contributed by atoms with Gasteiger partial charge in [-0.05, 0) is 57.4 Å². The normalized spacial score (nSPS) is 15.4. The number of nitrogens with one attached hydrogen (secondary N) is 1. The number of benzene rings is 2. The van der Waals surface area contributed by atoms with Crippen LogP contribution >= 0.6 is 11.6 Å². The molecule has 1 N–H and O–H groups in total. The van der Waals surface area contributed by atoms with Crippen molar-refractivity contribution in [3.63, 3.8) is 0 Å². The second-order valence-electron chi connectivity index (χ2n) is 8.43. The van der Waals surface area contributed by atoms with Crippen LogP contribution in [0.4, 0.5) is 0 Å². The second kappa shape index (κ2) is 10.7. The number of hydrogen-bond acceptors (Lipinski definition) is 5. The van der Waals surface area contributed by atoms with Gasteiger partial charge in [-0.25, -0.2) is 8.42 Å². The number of hydrogen-bond donors (Lipinski definition) is 1. The first-order valence-corrected chi connectivity index (χ1v) is 12.8. The van der Waals surface area contributed by atoms with Gasteiger partial charge >= 0.3 is 5.97 Å². The van der Waals surface area contributed by atoms with Crippen LogP contribution in [0.15, 0.2) is 47.4 Å². The monoisotopic (exact) mass is 492 g/mol. The lowest BCUT2D eigenvalue weighted by atomic mass is 10.0. The zero-order valence-electron chi connectivity index (χ0n) is 19.0. The smallest absolute Gasteiger partial charge is 0.308 e. The Kier molecular flexibility index (Phi) is 8.15. The molecule has 0 spiro atoms. The molecule has 3 rings (SSSR count). The third-order valence-electron chi connectivity index (χ3n) is 5.41. The number of amides is 1. The summed E-state index contributed by atoms with van der Waals surface area (Å²) in [5.74, 6) is -1.02. The van der Waals surface area contributed by atoms with Crippen LogP contribution in [-0.4, -0.2) is 43.8 Å². The van der Waals surface area contributed by atoms with E-state index < -0.39 is 27.9 Å². The number of ether oxygens (including phenoxy) is 1. The molecular formula is C24H29ClN2O5S. The third-order valence-corrected chi connectivity index (χ3v) is 7.63. The van der Waals surface area contributed by atoms with Gasteiger partial charge in [0.05, 0.1) is 34.0 Å². The molecule has 0 saturated carbocycles. The van der Waals surface area contributed by atoms with E-state index in [1.54, 1.807) is 13.8 Å². The standard InChI is InChI=1S/C24H29ClN2O5S/c1-16(2)32-23(28)15-22(18-8-6-17(3)7-9-18)26-24(29)20-14-19(10-11-21(20)25)33(30,31)27-12-4-5-13-27/h6-11,14,16,22H,4-5,12-13,15H2,1-3H3,(H,26,29). The Bertz CT molecular complexity index is 1110. The molecule has 1 fully saturated rings. The largest absolute Gasteiger partial charge is 0.463 e. The molecule has 0 aliphatic carbocycles. The summed E-state index contributed by atoms with van der Waals surface area (Å²) in [7, 11) is -3.71. The molecule has 0 bridgehead atoms. The van der Waals surface area contributed by atoms with Crippen LogP contribution in [0.3, 0.4) is 0 Å². The van der Waals surface area contributed by atoms with Crippen molar-refractivity contribution in [3.05, 3.63) is 64.2 Å². The third kappa shape index (κ3) is 6.34. The van der Waals surface area contributed by atoms with Gasteiger partial charge in [0, 0.05) is 13.1 Å². The average molecular weight is 493 g/mol. The van der Waals surface area contributed by atoms with Gasteiger partial charge in [-0.1, -0.05) is 41.4 Å². The topological polar surface area (TPSA) is 92.8 Å². The molecule has 1 atom stereocenters. The molecule has 2 aromatic carbocycles. The van der Waals surface area contributed by atoms with Crippen molar-refractivity contribution in [1.82, 2.24) is 9.62 Å². The first-order chi connectivity index (χ1) is 15.6. The maximum atomic E-state index is 13.2. The SMILES string of the molecule is Cc1ccc(C(CC(=O)OC(C)C)NC(=O)c2cc(S(=O)(=O)N3CCCC3)ccc2Cl)cc1. The van der Waals surface area contributed by atoms with Crippen molar-refractivity contribution in [2.24, 2.45) is 0 Å². The van der Waals surface area contributed by atoms with E-state index in [9.17, 15) is 18.0 Å². The van der Waals surface area contributed by atoms with Gasteiger partial charge < -0.3 is 10.1 Å². The van der Waals surface area contributed by atoms with Crippen LogP contribution < -0.4 is 5.32 Å². The molecule has 0 aromatic heterocycles. The van der Waals surface area contributed by atoms with Gasteiger partial charge in [-0.2, -0.15) is 4.31 Å². The van der Waals surface area contributed by atoms with Crippen LogP contribution in [-0.2, 0) is 19.6 Å². The zero-order chi connectivity index (χ0) is 24.2. The zero-order valence-corrected chi connectivity index (χ0v) is 20.6. The highest BCUT2D eigenvalue weighted by Crippen LogP contribution is 2.27. The highest BCUT2D eigenvalue weighted by molar-refractivity contribution is 7.89. The summed E-state index contributed by atoms with van der Waals surface area (Å²) in [6.45, 7) is 6.36. The lowest BCUT2D eigenvalue weighted by Crippen LogP contribution is -2.32. The van der Waals surface area contributed by atoms with Crippen molar-refractivity contribution >= 4 is 33.5 Å². The van der Waals surface area contributed by atoms with Gasteiger partial charge in [0.15, 0.2) is 0 Å². The molecule has 7 nitrogen and oxygen atoms in total. The lowest BCUT2D eigenvalue weighted by Gasteiger charge is -2.21. The maximum Gasteiger partial charge on any atom is 0.308 e. The Morgan fingerprint density at radius 2 is 1.73 bits per heavy atom. The number of aryl methyl sites for hydroxylation is 1. The van der Waals surface area contributed by atoms with Crippen molar-refractivity contribution in [1.29, 1.82) is 0 Å². The fraction of sp³-hybridized carbons (Fsp3) is 0.417. The minimum atomic E-state index is -3.71. The van der Waals surface area contributed by atoms with E-state index in [1.807, 2.05) is 31.2 Å². The summed E-state index contributed by atoms with van der Waals surface area (Å²) in [5.41, 5.74) is 1.80. The fourth-order valence-electron chi connectivity index (χ4n) is 3.68. The van der Waals surface area contributed by atoms with Crippen LogP contribution in [0.1, 0.15) is 60.6 Å². The molecule has 1 aliphatic heterocycles. The molecule has 0 radical (unpaired) electrons. The van der Waals surface area contributed by atoms with E-state index in [2.05, 4.69) is 5.32 Å². The van der Waals surface area contributed by atoms with Crippen LogP contribution in [0, 0.1) is 6.92 Å². The number of carbonyl (C=O) groups is 2. The highest BCUT2D eigenvalue weighted by Gasteiger charge is 2.29. The Labute approximate surface area is 200 Å². The molecule has 9 heteroatoms. The number of halogens is 1. The quantitative estimate of drug-likeness (QED) is 0.556. The number of rotatable bonds is 8. The van der Waals surface area contributed by atoms with Gasteiger partial charge in [0.1, 0.15) is 0 Å². The molecule has 33 heavy (non-hydrogen) atoms. The highest BCUT2D eigenvalue weighted by atomic mass is 35.5. The number of sulfonamides is 1. The molecule has 1 aliphatic rings. The van der Waals surface area contributed by atoms with Crippen LogP contribution in [0.5, 0.6) is 0 Å². The fourth-order valence-corrected chi connectivity index (χ4v) is 5.43. The summed E-state index contributed by atoms with van der Waals surface area (Å²) in [6.07, 6.45) is 1.26. The second-order valence-corrected chi connectivity index (χ2v) is 10.8. The summed E-state index contributed by atoms with van der Waals surface area (Å²) >= 11 is 6.26. The Balaban J connectivity index is 1.88. The van der Waals surface area contributed by atoms with E-state index in [0.29, 0.717) is 13.1 Å². The molecule has 1 unspecified atom stereocenters. The van der Waals surface area contributed by atoms with Gasteiger partial charge in [0.2, 0.25) is 10.0 Å². The van der Waals surface area contributed by atoms with Crippen molar-refractivity contribution < 1.29 is 22.7 Å². The summed E-state index contributed by atoms with van der Waals surface area (Å²) < 4.78 is 32.5. The van der Waals surface area contributed by atoms with E-state index in [-0.39, 0.29) is 28.0 Å². The molecule has 1 heterocycles. The lowest BCUT2D eigenvalue weighted by molar-refractivity contribution is -0.147. The van der Waals surface area contributed by atoms with Crippen LogP contribution in [0.2, 0.25) is 5.02 Å². The van der Waals surface area contributed by atoms with Gasteiger partial charge in [-0.15, -0.1) is 0 Å². The first-order valence-electron chi connectivity index (χ1n) is 10.9. The molecular weight excluding hydrogens is 464 g/mol. The molecule has 2 aromatic rings. The number of nitrogens with zero attached hydrogens (tertiary/aromatic N) is 1. The summed E-state index contributed by atoms with van der Waals surface area (Å²) in [4.78, 5) is 25.5. The Morgan fingerprint density at radius 3 is 2.33 bits per heavy atom. The summed E-state index contributed by atoms with van der Waals surface area (Å²) in [6, 6.07) is 10.9. The summed E-state index contributed by atoms with van der Waals surface area (Å²) in [5, 5.41) is 2.95. The van der Waals surface area contributed by atoms with Crippen LogP contribution in [0.25, 0.3) is 0 Å². The van der Waals surface area contributed by atoms with E-state index in [0.717, 1.165) is 24.0 Å². The Hall–Kier alpha value is -2.42. The minimum Gasteiger partial charge on any atom is -0.463 e. The maximum absolute atomic E-state index is 13.2. The molecule has 1 amide bonds. The minimum absolute atomic E-state index is 0.0186. The Morgan fingerprint density at radius 1 is 1.09 bits per heavy atom. The predicted molar refractivity (Wildman–Crippen MR) is 127 cm³/mol. The van der Waals surface area contributed by atoms with Crippen molar-refractivity contribution in [3.8, 4) is 0 Å². The van der Waals surface area contributed by atoms with E-state index in [4.69, 9.17) is 16.3 Å². The van der Waals surface area contributed by atoms with Crippen molar-refractivity contribution in [2.45, 2.75) is 57.1 Å². The van der Waals surface area contributed by atoms with Gasteiger partial charge in [0.25, 0.3) is 5.91 Å². The predicted octanol–water partition coefficient (Wildman–Crippen LogP) is 4.25. The van der Waals surface area contributed by atoms with Crippen molar-refractivity contribution in [2.75, 3.05) is 13.1 Å². The van der Waals surface area contributed by atoms with E-state index in [1.165, 1.54) is 22.5 Å². The molecule has 178 valence electrons. The number of esters is 1. The first kappa shape index (κ1) is 25.2. The van der Waals surface area contributed by atoms with Gasteiger partial charge in [-0.3, -0.25) is 9.59 Å². The van der Waals surface area contributed by atoms with E-state index >= 15 is 0 Å². The average Bonchev–Trinajstić information content (AvgIpc) is 3.29. The number of carbonyl (C=O) groups excluding carboxylic acids is 2.